The Hall–Kier alpha value is -2.99. The fourth-order valence-electron chi connectivity index (χ4n) is 6.08. The first-order chi connectivity index (χ1) is 18.4. The van der Waals surface area contributed by atoms with Crippen molar-refractivity contribution in [2.75, 3.05) is 0 Å². The molecule has 0 saturated carbocycles. The first-order valence-corrected chi connectivity index (χ1v) is 14.4. The van der Waals surface area contributed by atoms with E-state index in [0.29, 0.717) is 0 Å². The zero-order valence-electron chi connectivity index (χ0n) is 24.5. The molecule has 3 aliphatic carbocycles. The van der Waals surface area contributed by atoms with E-state index in [4.69, 9.17) is 15.7 Å². The van der Waals surface area contributed by atoms with Crippen molar-refractivity contribution < 1.29 is 0 Å². The standard InChI is InChI=1S/C37H40B2/c1-36(2,3)27-16-10-14-25(22-27)30-19-21-31(34(30)38)32-20-18-29(24-12-8-7-9-13-24)33(35(32)39)26-15-11-17-28(23-26)37(4,5)6/h8,10-20,22-23,29,33H,7,9,21H2,1-6H3. The Morgan fingerprint density at radius 2 is 1.46 bits per heavy atom. The molecular formula is C37H40B2. The molecular weight excluding hydrogens is 466 g/mol. The van der Waals surface area contributed by atoms with E-state index in [2.05, 4.69) is 127 Å². The van der Waals surface area contributed by atoms with Gasteiger partial charge in [0.15, 0.2) is 0 Å². The highest BCUT2D eigenvalue weighted by Crippen LogP contribution is 2.46. The Morgan fingerprint density at radius 3 is 2.13 bits per heavy atom. The van der Waals surface area contributed by atoms with Gasteiger partial charge in [0, 0.05) is 11.8 Å². The molecule has 4 radical (unpaired) electrons. The van der Waals surface area contributed by atoms with E-state index in [1.165, 1.54) is 27.8 Å². The molecule has 3 aliphatic rings. The smallest absolute Gasteiger partial charge is 0.102 e. The first-order valence-electron chi connectivity index (χ1n) is 14.4. The molecule has 0 fully saturated rings. The van der Waals surface area contributed by atoms with Gasteiger partial charge in [-0.25, -0.2) is 0 Å². The number of hydrogen-bond donors (Lipinski definition) is 0. The van der Waals surface area contributed by atoms with Crippen molar-refractivity contribution in [3.8, 4) is 0 Å². The lowest BCUT2D eigenvalue weighted by Gasteiger charge is -2.35. The predicted octanol–water partition coefficient (Wildman–Crippen LogP) is 9.16. The van der Waals surface area contributed by atoms with Gasteiger partial charge >= 0.3 is 0 Å². The summed E-state index contributed by atoms with van der Waals surface area (Å²) < 4.78 is 0. The van der Waals surface area contributed by atoms with Crippen LogP contribution in [0.4, 0.5) is 0 Å². The summed E-state index contributed by atoms with van der Waals surface area (Å²) in [6, 6.07) is 17.8. The third-order valence-corrected chi connectivity index (χ3v) is 8.49. The van der Waals surface area contributed by atoms with Crippen molar-refractivity contribution in [1.29, 1.82) is 0 Å². The topological polar surface area (TPSA) is 0 Å². The zero-order chi connectivity index (χ0) is 27.9. The molecule has 0 saturated heterocycles. The highest BCUT2D eigenvalue weighted by molar-refractivity contribution is 6.32. The monoisotopic (exact) mass is 506 g/mol. The van der Waals surface area contributed by atoms with Crippen LogP contribution < -0.4 is 0 Å². The molecule has 2 aromatic rings. The molecule has 0 bridgehead atoms. The van der Waals surface area contributed by atoms with Gasteiger partial charge in [-0.1, -0.05) is 132 Å². The van der Waals surface area contributed by atoms with Gasteiger partial charge in [0.1, 0.15) is 15.7 Å². The van der Waals surface area contributed by atoms with Crippen LogP contribution in [0.3, 0.4) is 0 Å². The fraction of sp³-hybridized carbons (Fsp3) is 0.351. The molecule has 2 heteroatoms. The van der Waals surface area contributed by atoms with Crippen molar-refractivity contribution >= 4 is 21.3 Å². The van der Waals surface area contributed by atoms with Crippen molar-refractivity contribution in [2.24, 2.45) is 5.92 Å². The van der Waals surface area contributed by atoms with Crippen molar-refractivity contribution in [3.05, 3.63) is 135 Å². The Balaban J connectivity index is 1.58. The Bertz CT molecular complexity index is 1460. The minimum Gasteiger partial charge on any atom is -0.102 e. The molecule has 5 rings (SSSR count). The summed E-state index contributed by atoms with van der Waals surface area (Å²) in [4.78, 5) is 0. The minimum atomic E-state index is 0.0647. The molecule has 2 atom stereocenters. The van der Waals surface area contributed by atoms with Crippen LogP contribution in [0.5, 0.6) is 0 Å². The summed E-state index contributed by atoms with van der Waals surface area (Å²) in [7, 11) is 14.1. The molecule has 0 aromatic heterocycles. The van der Waals surface area contributed by atoms with Crippen molar-refractivity contribution in [2.45, 2.75) is 77.6 Å². The predicted molar refractivity (Wildman–Crippen MR) is 170 cm³/mol. The van der Waals surface area contributed by atoms with Crippen LogP contribution in [0.2, 0.25) is 0 Å². The molecule has 2 aromatic carbocycles. The van der Waals surface area contributed by atoms with Crippen LogP contribution in [0.1, 0.15) is 89.0 Å². The van der Waals surface area contributed by atoms with Gasteiger partial charge in [-0.15, -0.1) is 5.47 Å². The molecule has 0 amide bonds. The number of allylic oxidation sites excluding steroid dienone is 12. The summed E-state index contributed by atoms with van der Waals surface area (Å²) in [5.74, 6) is 0.273. The van der Waals surface area contributed by atoms with Crippen molar-refractivity contribution in [3.63, 3.8) is 0 Å². The van der Waals surface area contributed by atoms with E-state index in [9.17, 15) is 0 Å². The maximum Gasteiger partial charge on any atom is 0.115 e. The third-order valence-electron chi connectivity index (χ3n) is 8.49. The molecule has 194 valence electrons. The molecule has 0 heterocycles. The summed E-state index contributed by atoms with van der Waals surface area (Å²) in [5, 5.41) is 0. The minimum absolute atomic E-state index is 0.0647. The average Bonchev–Trinajstić information content (AvgIpc) is 3.29. The molecule has 0 N–H and O–H groups in total. The number of hydrogen-bond acceptors (Lipinski definition) is 0. The van der Waals surface area contributed by atoms with Crippen LogP contribution >= 0.6 is 0 Å². The van der Waals surface area contributed by atoms with Crippen LogP contribution in [0.25, 0.3) is 5.57 Å². The van der Waals surface area contributed by atoms with E-state index in [0.717, 1.165) is 46.9 Å². The second-order valence-corrected chi connectivity index (χ2v) is 13.3. The lowest BCUT2D eigenvalue weighted by molar-refractivity contribution is 0.585. The summed E-state index contributed by atoms with van der Waals surface area (Å²) in [6.07, 6.45) is 16.8. The van der Waals surface area contributed by atoms with Crippen molar-refractivity contribution in [1.82, 2.24) is 0 Å². The Labute approximate surface area is 239 Å². The maximum absolute atomic E-state index is 7.18. The average molecular weight is 506 g/mol. The lowest BCUT2D eigenvalue weighted by Crippen LogP contribution is -2.22. The number of rotatable bonds is 4. The summed E-state index contributed by atoms with van der Waals surface area (Å²) in [6.45, 7) is 13.6. The van der Waals surface area contributed by atoms with Gasteiger partial charge in [-0.3, -0.25) is 0 Å². The largest absolute Gasteiger partial charge is 0.115 e. The first kappa shape index (κ1) is 27.6. The normalized spacial score (nSPS) is 21.9. The molecule has 0 nitrogen and oxygen atoms in total. The summed E-state index contributed by atoms with van der Waals surface area (Å²) in [5.41, 5.74) is 11.7. The van der Waals surface area contributed by atoms with Gasteiger partial charge in [0.25, 0.3) is 0 Å². The Kier molecular flexibility index (Phi) is 7.45. The fourth-order valence-corrected chi connectivity index (χ4v) is 6.08. The zero-order valence-corrected chi connectivity index (χ0v) is 24.5. The van der Waals surface area contributed by atoms with Crippen LogP contribution in [-0.4, -0.2) is 15.7 Å². The summed E-state index contributed by atoms with van der Waals surface area (Å²) >= 11 is 0. The van der Waals surface area contributed by atoms with Gasteiger partial charge in [-0.2, -0.15) is 0 Å². The lowest BCUT2D eigenvalue weighted by atomic mass is 9.63. The van der Waals surface area contributed by atoms with Crippen LogP contribution in [-0.2, 0) is 10.8 Å². The molecule has 0 aliphatic heterocycles. The van der Waals surface area contributed by atoms with Crippen LogP contribution in [0.15, 0.2) is 113 Å². The maximum atomic E-state index is 7.18. The van der Waals surface area contributed by atoms with E-state index in [1.54, 1.807) is 0 Å². The van der Waals surface area contributed by atoms with E-state index < -0.39 is 0 Å². The molecule has 39 heavy (non-hydrogen) atoms. The highest BCUT2D eigenvalue weighted by atomic mass is 14.3. The number of benzene rings is 2. The van der Waals surface area contributed by atoms with E-state index in [1.807, 2.05) is 0 Å². The third kappa shape index (κ3) is 5.54. The van der Waals surface area contributed by atoms with E-state index >= 15 is 0 Å². The van der Waals surface area contributed by atoms with Gasteiger partial charge in [-0.05, 0) is 74.6 Å². The van der Waals surface area contributed by atoms with E-state index in [-0.39, 0.29) is 22.7 Å². The van der Waals surface area contributed by atoms with Crippen LogP contribution in [0, 0.1) is 5.92 Å². The molecule has 2 unspecified atom stereocenters. The van der Waals surface area contributed by atoms with Gasteiger partial charge < -0.3 is 0 Å². The quantitative estimate of drug-likeness (QED) is 0.363. The van der Waals surface area contributed by atoms with Gasteiger partial charge in [0.2, 0.25) is 0 Å². The van der Waals surface area contributed by atoms with Gasteiger partial charge in [0.05, 0.1) is 0 Å². The Morgan fingerprint density at radius 1 is 0.769 bits per heavy atom. The second-order valence-electron chi connectivity index (χ2n) is 13.3. The highest BCUT2D eigenvalue weighted by Gasteiger charge is 2.32. The second kappa shape index (κ2) is 10.5. The SMILES string of the molecule is [B]C1=C(C2=C([B])C(c3cccc(C(C)(C)C)c3)C(C3=CCCC=C3)C=C2)CC=C1c1cccc(C(C)(C)C)c1. The molecule has 0 spiro atoms.